The molecule has 0 unspecified atom stereocenters. The molecule has 0 atom stereocenters. The van der Waals surface area contributed by atoms with Crippen LogP contribution in [-0.2, 0) is 0 Å². The minimum atomic E-state index is -0.583. The fourth-order valence-corrected chi connectivity index (χ4v) is 2.64. The Morgan fingerprint density at radius 1 is 1.27 bits per heavy atom. The van der Waals surface area contributed by atoms with Gasteiger partial charge in [-0.05, 0) is 38.7 Å². The lowest BCUT2D eigenvalue weighted by Gasteiger charge is -2.23. The molecule has 1 aliphatic carbocycles. The second-order valence-electron chi connectivity index (χ2n) is 4.99. The molecule has 0 radical (unpaired) electrons. The second kappa shape index (κ2) is 8.73. The topological polar surface area (TPSA) is 69.4 Å². The monoisotopic (exact) mass is 327 g/mol. The molecular weight excluding hydrogens is 306 g/mol. The minimum absolute atomic E-state index is 0.0102. The van der Waals surface area contributed by atoms with Crippen LogP contribution in [0.25, 0.3) is 0 Å². The van der Waals surface area contributed by atoms with Crippen molar-refractivity contribution in [3.05, 3.63) is 32.8 Å². The molecule has 0 N–H and O–H groups in total. The Balaban J connectivity index is 0.00000116. The van der Waals surface area contributed by atoms with E-state index in [0.29, 0.717) is 0 Å². The zero-order valence-electron chi connectivity index (χ0n) is 13.2. The average Bonchev–Trinajstić information content (AvgIpc) is 2.51. The van der Waals surface area contributed by atoms with Gasteiger partial charge in [0.15, 0.2) is 5.78 Å². The van der Waals surface area contributed by atoms with Gasteiger partial charge in [0.1, 0.15) is 5.75 Å². The maximum atomic E-state index is 11.4. The summed E-state index contributed by atoms with van der Waals surface area (Å²) >= 11 is 6.07. The number of nitrogens with zero attached hydrogens (tertiary/aromatic N) is 1. The van der Waals surface area contributed by atoms with E-state index in [-0.39, 0.29) is 33.9 Å². The Bertz CT molecular complexity index is 539. The van der Waals surface area contributed by atoms with Crippen LogP contribution < -0.4 is 4.74 Å². The number of benzene rings is 1. The molecule has 122 valence electrons. The summed E-state index contributed by atoms with van der Waals surface area (Å²) < 4.78 is 5.76. The number of carbonyl (C=O) groups excluding carboxylic acids is 1. The van der Waals surface area contributed by atoms with Crippen LogP contribution in [0.4, 0.5) is 5.69 Å². The summed E-state index contributed by atoms with van der Waals surface area (Å²) in [6.07, 6.45) is 5.28. The predicted octanol–water partition coefficient (Wildman–Crippen LogP) is 5.19. The Labute approximate surface area is 135 Å². The van der Waals surface area contributed by atoms with Crippen molar-refractivity contribution in [1.29, 1.82) is 0 Å². The van der Waals surface area contributed by atoms with Crippen LogP contribution >= 0.6 is 11.6 Å². The summed E-state index contributed by atoms with van der Waals surface area (Å²) in [5.41, 5.74) is -0.247. The summed E-state index contributed by atoms with van der Waals surface area (Å²) in [6.45, 7) is 5.28. The van der Waals surface area contributed by atoms with Crippen LogP contribution in [-0.4, -0.2) is 16.8 Å². The Morgan fingerprint density at radius 3 is 2.36 bits per heavy atom. The molecule has 0 bridgehead atoms. The maximum Gasteiger partial charge on any atom is 0.283 e. The van der Waals surface area contributed by atoms with Gasteiger partial charge in [-0.2, -0.15) is 0 Å². The fraction of sp³-hybridized carbons (Fsp3) is 0.562. The summed E-state index contributed by atoms with van der Waals surface area (Å²) in [4.78, 5) is 21.9. The number of nitro groups is 1. The van der Waals surface area contributed by atoms with Gasteiger partial charge in [0.05, 0.1) is 27.7 Å². The molecule has 1 aliphatic rings. The zero-order chi connectivity index (χ0) is 16.7. The third kappa shape index (κ3) is 4.70. The number of Topliss-reactive ketones (excluding diaryl/α,β-unsaturated/α-hetero) is 1. The highest BCUT2D eigenvalue weighted by molar-refractivity contribution is 6.32. The molecule has 0 heterocycles. The van der Waals surface area contributed by atoms with Crippen molar-refractivity contribution in [2.75, 3.05) is 0 Å². The number of rotatable bonds is 4. The van der Waals surface area contributed by atoms with Gasteiger partial charge in [0.25, 0.3) is 5.69 Å². The van der Waals surface area contributed by atoms with Gasteiger partial charge in [-0.15, -0.1) is 0 Å². The number of ether oxygens (including phenoxy) is 1. The summed E-state index contributed by atoms with van der Waals surface area (Å²) in [5.74, 6) is -0.0990. The molecule has 6 heteroatoms. The van der Waals surface area contributed by atoms with Crippen molar-refractivity contribution >= 4 is 23.1 Å². The quantitative estimate of drug-likeness (QED) is 0.433. The van der Waals surface area contributed by atoms with Crippen molar-refractivity contribution in [3.8, 4) is 5.75 Å². The average molecular weight is 328 g/mol. The van der Waals surface area contributed by atoms with E-state index in [1.54, 1.807) is 0 Å². The number of hydrogen-bond acceptors (Lipinski definition) is 4. The Kier molecular flexibility index (Phi) is 7.32. The van der Waals surface area contributed by atoms with Gasteiger partial charge >= 0.3 is 0 Å². The van der Waals surface area contributed by atoms with E-state index in [0.717, 1.165) is 25.7 Å². The van der Waals surface area contributed by atoms with E-state index in [1.807, 2.05) is 13.8 Å². The van der Waals surface area contributed by atoms with Crippen LogP contribution in [0, 0.1) is 10.1 Å². The minimum Gasteiger partial charge on any atom is -0.489 e. The van der Waals surface area contributed by atoms with E-state index in [2.05, 4.69) is 0 Å². The fourth-order valence-electron chi connectivity index (χ4n) is 2.43. The highest BCUT2D eigenvalue weighted by atomic mass is 35.5. The molecule has 2 rings (SSSR count). The third-order valence-corrected chi connectivity index (χ3v) is 3.77. The molecule has 1 aromatic carbocycles. The van der Waals surface area contributed by atoms with Gasteiger partial charge in [0.2, 0.25) is 0 Å². The lowest BCUT2D eigenvalue weighted by atomic mass is 9.98. The number of hydrogen-bond donors (Lipinski definition) is 0. The highest BCUT2D eigenvalue weighted by Crippen LogP contribution is 2.35. The Morgan fingerprint density at radius 2 is 1.86 bits per heavy atom. The maximum absolute atomic E-state index is 11.4. The molecule has 1 fully saturated rings. The molecule has 1 aromatic rings. The van der Waals surface area contributed by atoms with Crippen molar-refractivity contribution in [3.63, 3.8) is 0 Å². The van der Waals surface area contributed by atoms with Gasteiger partial charge in [0, 0.05) is 0 Å². The van der Waals surface area contributed by atoms with Gasteiger partial charge in [-0.25, -0.2) is 0 Å². The SMILES string of the molecule is CC.CC(=O)c1cc(Cl)c(OC2CCCCC2)cc1[N+](=O)[O-]. The van der Waals surface area contributed by atoms with E-state index >= 15 is 0 Å². The van der Waals surface area contributed by atoms with Crippen LogP contribution in [0.2, 0.25) is 5.02 Å². The van der Waals surface area contributed by atoms with Crippen molar-refractivity contribution in [1.82, 2.24) is 0 Å². The van der Waals surface area contributed by atoms with Gasteiger partial charge in [-0.1, -0.05) is 31.9 Å². The van der Waals surface area contributed by atoms with Crippen LogP contribution in [0.3, 0.4) is 0 Å². The van der Waals surface area contributed by atoms with Crippen molar-refractivity contribution in [2.45, 2.75) is 59.0 Å². The summed E-state index contributed by atoms with van der Waals surface area (Å²) in [6, 6.07) is 2.58. The second-order valence-corrected chi connectivity index (χ2v) is 5.40. The van der Waals surface area contributed by atoms with E-state index < -0.39 is 4.92 Å². The van der Waals surface area contributed by atoms with Gasteiger partial charge in [-0.3, -0.25) is 14.9 Å². The lowest BCUT2D eigenvalue weighted by molar-refractivity contribution is -0.385. The van der Waals surface area contributed by atoms with E-state index in [9.17, 15) is 14.9 Å². The highest BCUT2D eigenvalue weighted by Gasteiger charge is 2.23. The number of nitro benzene ring substituents is 1. The number of carbonyl (C=O) groups is 1. The normalized spacial score (nSPS) is 14.7. The molecule has 0 amide bonds. The Hall–Kier alpha value is -1.62. The first-order chi connectivity index (χ1) is 10.5. The first kappa shape index (κ1) is 18.4. The summed E-state index contributed by atoms with van der Waals surface area (Å²) in [5, 5.41) is 11.3. The molecule has 0 aliphatic heterocycles. The lowest BCUT2D eigenvalue weighted by Crippen LogP contribution is -2.20. The van der Waals surface area contributed by atoms with Gasteiger partial charge < -0.3 is 4.74 Å². The first-order valence-corrected chi connectivity index (χ1v) is 8.02. The standard InChI is InChI=1S/C14H16ClNO4.C2H6/c1-9(17)11-7-12(15)14(8-13(11)16(18)19)20-10-5-3-2-4-6-10;1-2/h7-8,10H,2-6H2,1H3;1-2H3. The smallest absolute Gasteiger partial charge is 0.283 e. The van der Waals surface area contributed by atoms with Crippen molar-refractivity contribution in [2.24, 2.45) is 0 Å². The molecule has 0 saturated heterocycles. The van der Waals surface area contributed by atoms with Crippen LogP contribution in [0.5, 0.6) is 5.75 Å². The largest absolute Gasteiger partial charge is 0.489 e. The third-order valence-electron chi connectivity index (χ3n) is 3.47. The first-order valence-electron chi connectivity index (χ1n) is 7.64. The number of halogens is 1. The summed E-state index contributed by atoms with van der Waals surface area (Å²) in [7, 11) is 0. The molecule has 1 saturated carbocycles. The van der Waals surface area contributed by atoms with Crippen molar-refractivity contribution < 1.29 is 14.5 Å². The molecule has 0 aromatic heterocycles. The van der Waals surface area contributed by atoms with Crippen LogP contribution in [0.1, 0.15) is 63.2 Å². The number of ketones is 1. The van der Waals surface area contributed by atoms with E-state index in [4.69, 9.17) is 16.3 Å². The molecule has 5 nitrogen and oxygen atoms in total. The molecule has 22 heavy (non-hydrogen) atoms. The molecular formula is C16H22ClNO4. The molecule has 0 spiro atoms. The predicted molar refractivity (Wildman–Crippen MR) is 87.0 cm³/mol. The van der Waals surface area contributed by atoms with Crippen LogP contribution in [0.15, 0.2) is 12.1 Å². The zero-order valence-corrected chi connectivity index (χ0v) is 14.0. The van der Waals surface area contributed by atoms with E-state index in [1.165, 1.54) is 25.5 Å².